The topological polar surface area (TPSA) is 58.6 Å². The molecule has 3 atom stereocenters. The number of hydrogen-bond donors (Lipinski definition) is 2. The van der Waals surface area contributed by atoms with E-state index in [1.807, 2.05) is 24.3 Å². The molecular formula is C24H20BrNO3. The number of benzene rings is 3. The number of halogens is 1. The number of nitrogens with one attached hydrogen (secondary N) is 1. The van der Waals surface area contributed by atoms with E-state index in [9.17, 15) is 9.90 Å². The van der Waals surface area contributed by atoms with Gasteiger partial charge in [-0.3, -0.25) is 0 Å². The van der Waals surface area contributed by atoms with Crippen LogP contribution in [0.15, 0.2) is 65.1 Å². The lowest BCUT2D eigenvalue weighted by Crippen LogP contribution is -2.31. The molecule has 3 aromatic rings. The molecule has 0 aromatic heterocycles. The molecule has 146 valence electrons. The summed E-state index contributed by atoms with van der Waals surface area (Å²) in [7, 11) is 1.70. The van der Waals surface area contributed by atoms with E-state index >= 15 is 0 Å². The van der Waals surface area contributed by atoms with Gasteiger partial charge < -0.3 is 15.2 Å². The zero-order valence-corrected chi connectivity index (χ0v) is 17.4. The molecule has 0 spiro atoms. The minimum absolute atomic E-state index is 0.0584. The first kappa shape index (κ1) is 18.3. The van der Waals surface area contributed by atoms with Crippen molar-refractivity contribution >= 4 is 27.6 Å². The SMILES string of the molecule is COc1ccc(Br)cc1[C@@H]1Nc2ccc(C(=O)O)cc2[C@@H]2c3ccccc3C[C@H]21. The Bertz CT molecular complexity index is 1130. The van der Waals surface area contributed by atoms with E-state index in [2.05, 4.69) is 51.6 Å². The van der Waals surface area contributed by atoms with Crippen LogP contribution in [-0.2, 0) is 6.42 Å². The lowest BCUT2D eigenvalue weighted by atomic mass is 9.75. The third-order valence-electron chi connectivity index (χ3n) is 6.17. The van der Waals surface area contributed by atoms with Crippen LogP contribution in [0.4, 0.5) is 5.69 Å². The van der Waals surface area contributed by atoms with Crippen molar-refractivity contribution in [3.05, 3.63) is 93.0 Å². The molecule has 29 heavy (non-hydrogen) atoms. The van der Waals surface area contributed by atoms with Crippen LogP contribution in [0.3, 0.4) is 0 Å². The van der Waals surface area contributed by atoms with Crippen molar-refractivity contribution in [2.75, 3.05) is 12.4 Å². The van der Waals surface area contributed by atoms with Gasteiger partial charge in [0.15, 0.2) is 0 Å². The highest BCUT2D eigenvalue weighted by atomic mass is 79.9. The lowest BCUT2D eigenvalue weighted by molar-refractivity contribution is 0.0696. The van der Waals surface area contributed by atoms with Crippen LogP contribution < -0.4 is 10.1 Å². The highest BCUT2D eigenvalue weighted by Crippen LogP contribution is 2.55. The molecule has 2 aliphatic rings. The molecule has 1 heterocycles. The van der Waals surface area contributed by atoms with Gasteiger partial charge in [-0.1, -0.05) is 40.2 Å². The third-order valence-corrected chi connectivity index (χ3v) is 6.67. The van der Waals surface area contributed by atoms with Crippen LogP contribution in [0.2, 0.25) is 0 Å². The number of ether oxygens (including phenoxy) is 1. The minimum atomic E-state index is -0.897. The molecule has 0 radical (unpaired) electrons. The number of fused-ring (bicyclic) bond motifs is 5. The summed E-state index contributed by atoms with van der Waals surface area (Å²) < 4.78 is 6.69. The maximum atomic E-state index is 11.6. The number of methoxy groups -OCH3 is 1. The van der Waals surface area contributed by atoms with Crippen LogP contribution >= 0.6 is 15.9 Å². The Hall–Kier alpha value is -2.79. The van der Waals surface area contributed by atoms with E-state index < -0.39 is 5.97 Å². The van der Waals surface area contributed by atoms with E-state index in [-0.39, 0.29) is 17.9 Å². The van der Waals surface area contributed by atoms with Crippen molar-refractivity contribution in [3.63, 3.8) is 0 Å². The largest absolute Gasteiger partial charge is 0.496 e. The zero-order valence-electron chi connectivity index (χ0n) is 15.9. The maximum absolute atomic E-state index is 11.6. The molecule has 4 nitrogen and oxygen atoms in total. The second-order valence-electron chi connectivity index (χ2n) is 7.66. The number of aromatic carboxylic acids is 1. The summed E-state index contributed by atoms with van der Waals surface area (Å²) in [6.45, 7) is 0. The minimum Gasteiger partial charge on any atom is -0.496 e. The summed E-state index contributed by atoms with van der Waals surface area (Å²) in [4.78, 5) is 11.6. The fourth-order valence-corrected chi connectivity index (χ4v) is 5.33. The summed E-state index contributed by atoms with van der Waals surface area (Å²) in [6.07, 6.45) is 0.935. The van der Waals surface area contributed by atoms with E-state index in [0.29, 0.717) is 5.56 Å². The Labute approximate surface area is 177 Å². The molecule has 1 aliphatic carbocycles. The van der Waals surface area contributed by atoms with Gasteiger partial charge in [0.1, 0.15) is 5.75 Å². The average molecular weight is 450 g/mol. The van der Waals surface area contributed by atoms with Crippen molar-refractivity contribution in [3.8, 4) is 5.75 Å². The van der Waals surface area contributed by atoms with Gasteiger partial charge in [0.05, 0.1) is 18.7 Å². The van der Waals surface area contributed by atoms with Crippen LogP contribution in [0.25, 0.3) is 0 Å². The Balaban J connectivity index is 1.71. The predicted molar refractivity (Wildman–Crippen MR) is 116 cm³/mol. The summed E-state index contributed by atoms with van der Waals surface area (Å²) >= 11 is 3.60. The van der Waals surface area contributed by atoms with Gasteiger partial charge in [-0.2, -0.15) is 0 Å². The molecular weight excluding hydrogens is 430 g/mol. The summed E-state index contributed by atoms with van der Waals surface area (Å²) in [5.74, 6) is 0.375. The van der Waals surface area contributed by atoms with Gasteiger partial charge in [-0.25, -0.2) is 4.79 Å². The van der Waals surface area contributed by atoms with Crippen molar-refractivity contribution in [1.82, 2.24) is 0 Å². The van der Waals surface area contributed by atoms with Gasteiger partial charge >= 0.3 is 5.97 Å². The van der Waals surface area contributed by atoms with Gasteiger partial charge in [0.25, 0.3) is 0 Å². The molecule has 2 N–H and O–H groups in total. The van der Waals surface area contributed by atoms with E-state index in [1.165, 1.54) is 11.1 Å². The number of anilines is 1. The fourth-order valence-electron chi connectivity index (χ4n) is 4.95. The lowest BCUT2D eigenvalue weighted by Gasteiger charge is -2.38. The molecule has 3 aromatic carbocycles. The highest BCUT2D eigenvalue weighted by Gasteiger charge is 2.44. The van der Waals surface area contributed by atoms with E-state index in [1.54, 1.807) is 13.2 Å². The van der Waals surface area contributed by atoms with Gasteiger partial charge in [0, 0.05) is 21.6 Å². The Morgan fingerprint density at radius 3 is 2.69 bits per heavy atom. The zero-order chi connectivity index (χ0) is 20.1. The first-order chi connectivity index (χ1) is 14.1. The number of rotatable bonds is 3. The average Bonchev–Trinajstić information content (AvgIpc) is 3.12. The van der Waals surface area contributed by atoms with E-state index in [0.717, 1.165) is 33.5 Å². The normalized spacial score (nSPS) is 21.5. The molecule has 0 saturated heterocycles. The Kier molecular flexibility index (Phi) is 4.36. The number of hydrogen-bond acceptors (Lipinski definition) is 3. The van der Waals surface area contributed by atoms with Gasteiger partial charge in [-0.05, 0) is 65.4 Å². The second-order valence-corrected chi connectivity index (χ2v) is 8.58. The van der Waals surface area contributed by atoms with Crippen molar-refractivity contribution in [2.45, 2.75) is 18.4 Å². The summed E-state index contributed by atoms with van der Waals surface area (Å²) in [6, 6.07) is 20.1. The fraction of sp³-hybridized carbons (Fsp3) is 0.208. The van der Waals surface area contributed by atoms with Crippen LogP contribution in [0.1, 0.15) is 44.6 Å². The first-order valence-corrected chi connectivity index (χ1v) is 10.4. The smallest absolute Gasteiger partial charge is 0.335 e. The number of carboxylic acid groups (broad SMARTS) is 1. The summed E-state index contributed by atoms with van der Waals surface area (Å²) in [5, 5.41) is 13.2. The Morgan fingerprint density at radius 1 is 1.07 bits per heavy atom. The molecule has 0 saturated carbocycles. The quantitative estimate of drug-likeness (QED) is 0.544. The number of carbonyl (C=O) groups is 1. The van der Waals surface area contributed by atoms with Crippen LogP contribution in [0, 0.1) is 5.92 Å². The van der Waals surface area contributed by atoms with Gasteiger partial charge in [0.2, 0.25) is 0 Å². The third kappa shape index (κ3) is 2.92. The first-order valence-electron chi connectivity index (χ1n) is 9.62. The molecule has 0 unspecified atom stereocenters. The Morgan fingerprint density at radius 2 is 1.90 bits per heavy atom. The van der Waals surface area contributed by atoms with Crippen molar-refractivity contribution < 1.29 is 14.6 Å². The van der Waals surface area contributed by atoms with Crippen molar-refractivity contribution in [2.24, 2.45) is 5.92 Å². The molecule has 0 fully saturated rings. The highest BCUT2D eigenvalue weighted by molar-refractivity contribution is 9.10. The van der Waals surface area contributed by atoms with E-state index in [4.69, 9.17) is 4.74 Å². The molecule has 0 bridgehead atoms. The van der Waals surface area contributed by atoms with Crippen LogP contribution in [-0.4, -0.2) is 18.2 Å². The van der Waals surface area contributed by atoms with Gasteiger partial charge in [-0.15, -0.1) is 0 Å². The standard InChI is InChI=1S/C24H20BrNO3/c1-29-21-9-7-15(25)12-18(21)23-19-10-13-4-2-3-5-16(13)22(19)17-11-14(24(27)28)6-8-20(17)26-23/h2-9,11-12,19,22-23,26H,10H2,1H3,(H,27,28)/t19-,22+,23+/m1/s1. The predicted octanol–water partition coefficient (Wildman–Crippen LogP) is 5.63. The monoisotopic (exact) mass is 449 g/mol. The molecule has 1 aliphatic heterocycles. The molecule has 5 heteroatoms. The second kappa shape index (κ2) is 6.92. The maximum Gasteiger partial charge on any atom is 0.335 e. The molecule has 5 rings (SSSR count). The molecule has 0 amide bonds. The van der Waals surface area contributed by atoms with Crippen molar-refractivity contribution in [1.29, 1.82) is 0 Å². The summed E-state index contributed by atoms with van der Waals surface area (Å²) in [5.41, 5.74) is 6.11. The van der Waals surface area contributed by atoms with Crippen LogP contribution in [0.5, 0.6) is 5.75 Å². The number of carboxylic acids is 1.